The summed E-state index contributed by atoms with van der Waals surface area (Å²) < 4.78 is 0. The van der Waals surface area contributed by atoms with E-state index < -0.39 is 4.92 Å². The highest BCUT2D eigenvalue weighted by atomic mass is 16.6. The van der Waals surface area contributed by atoms with Gasteiger partial charge >= 0.3 is 0 Å². The Kier molecular flexibility index (Phi) is 5.21. The molecule has 1 amide bonds. The number of para-hydroxylation sites is 2. The number of hydrogen-bond acceptors (Lipinski definition) is 4. The van der Waals surface area contributed by atoms with Crippen LogP contribution in [-0.2, 0) is 4.79 Å². The van der Waals surface area contributed by atoms with E-state index in [1.165, 1.54) is 11.6 Å². The Bertz CT molecular complexity index is 804. The van der Waals surface area contributed by atoms with Crippen LogP contribution in [0.25, 0.3) is 0 Å². The van der Waals surface area contributed by atoms with Gasteiger partial charge in [0.1, 0.15) is 11.7 Å². The van der Waals surface area contributed by atoms with Gasteiger partial charge in [0.25, 0.3) is 5.69 Å². The first-order valence-corrected chi connectivity index (χ1v) is 8.84. The molecule has 3 rings (SSSR count). The first kappa shape index (κ1) is 17.9. The quantitative estimate of drug-likeness (QED) is 0.656. The van der Waals surface area contributed by atoms with Crippen LogP contribution in [0, 0.1) is 17.0 Å². The van der Waals surface area contributed by atoms with Crippen LogP contribution in [0.4, 0.5) is 11.4 Å². The minimum absolute atomic E-state index is 0.0405. The fraction of sp³-hybridized carbons (Fsp3) is 0.350. The number of nitro benzene ring substituents is 1. The van der Waals surface area contributed by atoms with Crippen molar-refractivity contribution >= 4 is 17.3 Å². The van der Waals surface area contributed by atoms with Gasteiger partial charge in [-0.25, -0.2) is 0 Å². The molecule has 26 heavy (non-hydrogen) atoms. The smallest absolute Gasteiger partial charge is 0.292 e. The molecule has 136 valence electrons. The van der Waals surface area contributed by atoms with Crippen LogP contribution in [0.1, 0.15) is 36.9 Å². The zero-order valence-electron chi connectivity index (χ0n) is 15.0. The average molecular weight is 353 g/mol. The van der Waals surface area contributed by atoms with Crippen molar-refractivity contribution in [2.24, 2.45) is 0 Å². The Balaban J connectivity index is 1.77. The number of anilines is 1. The maximum Gasteiger partial charge on any atom is 0.292 e. The highest BCUT2D eigenvalue weighted by molar-refractivity contribution is 5.87. The van der Waals surface area contributed by atoms with E-state index in [1.807, 2.05) is 43.0 Å². The first-order valence-electron chi connectivity index (χ1n) is 8.84. The van der Waals surface area contributed by atoms with Crippen molar-refractivity contribution in [3.8, 4) is 0 Å². The van der Waals surface area contributed by atoms with Gasteiger partial charge in [0.2, 0.25) is 5.91 Å². The highest BCUT2D eigenvalue weighted by Crippen LogP contribution is 2.33. The lowest BCUT2D eigenvalue weighted by atomic mass is 10.1. The van der Waals surface area contributed by atoms with Crippen LogP contribution in [0.2, 0.25) is 0 Å². The van der Waals surface area contributed by atoms with Crippen molar-refractivity contribution in [1.82, 2.24) is 5.32 Å². The third-order valence-electron chi connectivity index (χ3n) is 4.88. The zero-order chi connectivity index (χ0) is 18.7. The van der Waals surface area contributed by atoms with Crippen LogP contribution in [-0.4, -0.2) is 23.4 Å². The number of carbonyl (C=O) groups is 1. The summed E-state index contributed by atoms with van der Waals surface area (Å²) in [5.41, 5.74) is 2.77. The van der Waals surface area contributed by atoms with Gasteiger partial charge in [0.15, 0.2) is 0 Å². The predicted molar refractivity (Wildman–Crippen MR) is 101 cm³/mol. The Hall–Kier alpha value is -2.89. The number of rotatable bonds is 5. The second-order valence-electron chi connectivity index (χ2n) is 6.74. The van der Waals surface area contributed by atoms with Crippen molar-refractivity contribution in [3.05, 3.63) is 69.8 Å². The van der Waals surface area contributed by atoms with E-state index in [4.69, 9.17) is 0 Å². The van der Waals surface area contributed by atoms with Gasteiger partial charge in [-0.3, -0.25) is 14.9 Å². The largest absolute Gasteiger partial charge is 0.354 e. The lowest BCUT2D eigenvalue weighted by Crippen LogP contribution is -2.44. The molecule has 6 heteroatoms. The molecule has 0 radical (unpaired) electrons. The van der Waals surface area contributed by atoms with Crippen LogP contribution in [0.5, 0.6) is 0 Å². The van der Waals surface area contributed by atoms with E-state index in [1.54, 1.807) is 18.2 Å². The van der Waals surface area contributed by atoms with Crippen molar-refractivity contribution in [2.75, 3.05) is 11.4 Å². The summed E-state index contributed by atoms with van der Waals surface area (Å²) in [4.78, 5) is 25.6. The molecule has 2 atom stereocenters. The third-order valence-corrected chi connectivity index (χ3v) is 4.88. The lowest BCUT2D eigenvalue weighted by Gasteiger charge is -2.27. The van der Waals surface area contributed by atoms with E-state index in [0.29, 0.717) is 18.7 Å². The Morgan fingerprint density at radius 2 is 1.92 bits per heavy atom. The summed E-state index contributed by atoms with van der Waals surface area (Å²) in [6.45, 7) is 4.62. The van der Waals surface area contributed by atoms with E-state index in [-0.39, 0.29) is 23.7 Å². The second-order valence-corrected chi connectivity index (χ2v) is 6.74. The number of nitrogens with zero attached hydrogens (tertiary/aromatic N) is 2. The molecule has 6 nitrogen and oxygen atoms in total. The molecule has 2 aromatic carbocycles. The Morgan fingerprint density at radius 1 is 1.23 bits per heavy atom. The van der Waals surface area contributed by atoms with Gasteiger partial charge in [-0.1, -0.05) is 42.0 Å². The fourth-order valence-electron chi connectivity index (χ4n) is 3.44. The highest BCUT2D eigenvalue weighted by Gasteiger charge is 2.34. The summed E-state index contributed by atoms with van der Waals surface area (Å²) in [6, 6.07) is 14.2. The molecule has 0 bridgehead atoms. The van der Waals surface area contributed by atoms with Gasteiger partial charge in [0, 0.05) is 12.6 Å². The van der Waals surface area contributed by atoms with E-state index in [2.05, 4.69) is 5.32 Å². The molecular formula is C20H23N3O3. The first-order chi connectivity index (χ1) is 12.5. The summed E-state index contributed by atoms with van der Waals surface area (Å²) in [5.74, 6) is -0.0891. The molecule has 0 unspecified atom stereocenters. The number of hydrogen-bond donors (Lipinski definition) is 1. The summed E-state index contributed by atoms with van der Waals surface area (Å²) in [6.07, 6.45) is 1.53. The number of aryl methyl sites for hydroxylation is 1. The molecule has 0 aromatic heterocycles. The molecular weight excluding hydrogens is 330 g/mol. The summed E-state index contributed by atoms with van der Waals surface area (Å²) in [7, 11) is 0. The second kappa shape index (κ2) is 7.56. The molecule has 1 heterocycles. The topological polar surface area (TPSA) is 75.5 Å². The fourth-order valence-corrected chi connectivity index (χ4v) is 3.44. The maximum atomic E-state index is 12.8. The van der Waals surface area contributed by atoms with Crippen LogP contribution >= 0.6 is 0 Å². The standard InChI is InChI=1S/C20H23N3O3/c1-14-9-11-16(12-10-14)15(2)21-20(24)19-8-5-13-22(19)17-6-3-4-7-18(17)23(25)26/h3-4,6-7,9-12,15,19H,5,8,13H2,1-2H3,(H,21,24)/t15-,19+/m1/s1. The van der Waals surface area contributed by atoms with Gasteiger partial charge in [0.05, 0.1) is 11.0 Å². The molecule has 1 saturated heterocycles. The maximum absolute atomic E-state index is 12.8. The monoisotopic (exact) mass is 353 g/mol. The van der Waals surface area contributed by atoms with Crippen LogP contribution in [0.15, 0.2) is 48.5 Å². The number of benzene rings is 2. The van der Waals surface area contributed by atoms with Crippen molar-refractivity contribution < 1.29 is 9.72 Å². The van der Waals surface area contributed by atoms with E-state index in [0.717, 1.165) is 12.0 Å². The number of carbonyl (C=O) groups excluding carboxylic acids is 1. The molecule has 1 N–H and O–H groups in total. The number of nitrogens with one attached hydrogen (secondary N) is 1. The van der Waals surface area contributed by atoms with Gasteiger partial charge in [-0.15, -0.1) is 0 Å². The molecule has 2 aromatic rings. The molecule has 1 aliphatic rings. The van der Waals surface area contributed by atoms with Crippen molar-refractivity contribution in [3.63, 3.8) is 0 Å². The zero-order valence-corrected chi connectivity index (χ0v) is 15.0. The normalized spacial score (nSPS) is 17.8. The Labute approximate surface area is 153 Å². The van der Waals surface area contributed by atoms with Crippen LogP contribution < -0.4 is 10.2 Å². The summed E-state index contributed by atoms with van der Waals surface area (Å²) >= 11 is 0. The average Bonchev–Trinajstić information content (AvgIpc) is 3.12. The Morgan fingerprint density at radius 3 is 2.62 bits per heavy atom. The predicted octanol–water partition coefficient (Wildman–Crippen LogP) is 3.75. The van der Waals surface area contributed by atoms with Crippen molar-refractivity contribution in [1.29, 1.82) is 0 Å². The molecule has 0 saturated carbocycles. The van der Waals surface area contributed by atoms with Gasteiger partial charge in [-0.2, -0.15) is 0 Å². The summed E-state index contributed by atoms with van der Waals surface area (Å²) in [5, 5.41) is 14.4. The van der Waals surface area contributed by atoms with Gasteiger partial charge < -0.3 is 10.2 Å². The third kappa shape index (κ3) is 3.69. The van der Waals surface area contributed by atoms with Crippen molar-refractivity contribution in [2.45, 2.75) is 38.8 Å². The lowest BCUT2D eigenvalue weighted by molar-refractivity contribution is -0.384. The van der Waals surface area contributed by atoms with Crippen LogP contribution in [0.3, 0.4) is 0 Å². The minimum Gasteiger partial charge on any atom is -0.354 e. The SMILES string of the molecule is Cc1ccc([C@@H](C)NC(=O)[C@@H]2CCCN2c2ccccc2[N+](=O)[O-])cc1. The van der Waals surface area contributed by atoms with Gasteiger partial charge in [-0.05, 0) is 38.3 Å². The molecule has 0 spiro atoms. The van der Waals surface area contributed by atoms with E-state index in [9.17, 15) is 14.9 Å². The number of amides is 1. The van der Waals surface area contributed by atoms with E-state index >= 15 is 0 Å². The molecule has 1 fully saturated rings. The minimum atomic E-state index is -0.391. The molecule has 0 aliphatic carbocycles. The molecule has 1 aliphatic heterocycles. The number of nitro groups is 1.